The van der Waals surface area contributed by atoms with E-state index in [0.717, 1.165) is 25.7 Å². The van der Waals surface area contributed by atoms with Crippen molar-refractivity contribution in [2.75, 3.05) is 38.6 Å². The maximum absolute atomic E-state index is 4.97. The van der Waals surface area contributed by atoms with Crippen LogP contribution in [0.5, 0.6) is 0 Å². The van der Waals surface area contributed by atoms with Crippen LogP contribution in [0.3, 0.4) is 0 Å². The minimum atomic E-state index is 0.546. The number of hydrogen-bond donors (Lipinski definition) is 1. The van der Waals surface area contributed by atoms with Gasteiger partial charge in [-0.25, -0.2) is 4.98 Å². The summed E-state index contributed by atoms with van der Waals surface area (Å²) < 4.78 is 0. The first-order valence-corrected chi connectivity index (χ1v) is 9.15. The van der Waals surface area contributed by atoms with Crippen molar-refractivity contribution in [1.82, 2.24) is 15.2 Å². The summed E-state index contributed by atoms with van der Waals surface area (Å²) in [5.41, 5.74) is 1.36. The molecule has 1 atom stereocenters. The topological polar surface area (TPSA) is 31.4 Å². The second-order valence-corrected chi connectivity index (χ2v) is 7.50. The smallest absolute Gasteiger partial charge is 0.185 e. The molecule has 5 heteroatoms. The zero-order chi connectivity index (χ0) is 14.8. The molecule has 2 aliphatic rings. The summed E-state index contributed by atoms with van der Waals surface area (Å²) in [6, 6.07) is 1.29. The average molecular weight is 308 g/mol. The Bertz CT molecular complexity index is 463. The van der Waals surface area contributed by atoms with Gasteiger partial charge in [-0.05, 0) is 52.7 Å². The van der Waals surface area contributed by atoms with E-state index in [1.165, 1.54) is 47.8 Å². The highest BCUT2D eigenvalue weighted by Crippen LogP contribution is 2.38. The molecule has 1 saturated heterocycles. The van der Waals surface area contributed by atoms with E-state index in [0.29, 0.717) is 6.04 Å². The van der Waals surface area contributed by atoms with Crippen LogP contribution in [0.25, 0.3) is 0 Å². The summed E-state index contributed by atoms with van der Waals surface area (Å²) >= 11 is 1.94. The minimum Gasteiger partial charge on any atom is -0.348 e. The van der Waals surface area contributed by atoms with Crippen molar-refractivity contribution in [2.45, 2.75) is 51.1 Å². The van der Waals surface area contributed by atoms with Gasteiger partial charge < -0.3 is 15.1 Å². The normalized spacial score (nSPS) is 23.6. The zero-order valence-corrected chi connectivity index (χ0v) is 14.4. The number of piperidine rings is 1. The van der Waals surface area contributed by atoms with Crippen molar-refractivity contribution in [3.63, 3.8) is 0 Å². The Morgan fingerprint density at radius 3 is 2.71 bits per heavy atom. The second-order valence-electron chi connectivity index (χ2n) is 6.49. The first-order valence-electron chi connectivity index (χ1n) is 8.33. The Balaban J connectivity index is 1.70. The number of aryl methyl sites for hydroxylation is 1. The Labute approximate surface area is 132 Å². The van der Waals surface area contributed by atoms with E-state index in [1.807, 2.05) is 11.3 Å². The summed E-state index contributed by atoms with van der Waals surface area (Å²) in [4.78, 5) is 11.3. The van der Waals surface area contributed by atoms with Gasteiger partial charge in [0.25, 0.3) is 0 Å². The molecule has 1 fully saturated rings. The molecule has 0 amide bonds. The summed E-state index contributed by atoms with van der Waals surface area (Å²) in [7, 11) is 4.40. The molecule has 1 aromatic heterocycles. The molecule has 3 rings (SSSR count). The SMILES string of the molecule is CCNC1CCCc2nc(N3CCC(N(C)C)CC3)sc21. The average Bonchev–Trinajstić information content (AvgIpc) is 2.93. The molecular formula is C16H28N4S. The van der Waals surface area contributed by atoms with Crippen LogP contribution < -0.4 is 10.2 Å². The van der Waals surface area contributed by atoms with Gasteiger partial charge in [0, 0.05) is 30.1 Å². The van der Waals surface area contributed by atoms with Crippen LogP contribution in [-0.2, 0) is 6.42 Å². The van der Waals surface area contributed by atoms with Crippen LogP contribution in [-0.4, -0.2) is 49.7 Å². The van der Waals surface area contributed by atoms with Gasteiger partial charge in [0.05, 0.1) is 5.69 Å². The van der Waals surface area contributed by atoms with Gasteiger partial charge in [-0.15, -0.1) is 0 Å². The number of hydrogen-bond acceptors (Lipinski definition) is 5. The van der Waals surface area contributed by atoms with Gasteiger partial charge in [-0.2, -0.15) is 0 Å². The van der Waals surface area contributed by atoms with E-state index in [2.05, 4.69) is 36.1 Å². The van der Waals surface area contributed by atoms with Crippen LogP contribution in [0.15, 0.2) is 0 Å². The highest BCUT2D eigenvalue weighted by molar-refractivity contribution is 7.15. The summed E-state index contributed by atoms with van der Waals surface area (Å²) in [5, 5.41) is 4.89. The number of aromatic nitrogens is 1. The van der Waals surface area contributed by atoms with Gasteiger partial charge in [0.1, 0.15) is 0 Å². The van der Waals surface area contributed by atoms with Gasteiger partial charge in [-0.3, -0.25) is 0 Å². The maximum atomic E-state index is 4.97. The zero-order valence-electron chi connectivity index (χ0n) is 13.6. The van der Waals surface area contributed by atoms with E-state index in [4.69, 9.17) is 4.98 Å². The van der Waals surface area contributed by atoms with Gasteiger partial charge in [0.15, 0.2) is 5.13 Å². The molecule has 0 spiro atoms. The highest BCUT2D eigenvalue weighted by Gasteiger charge is 2.27. The van der Waals surface area contributed by atoms with Crippen LogP contribution in [0.2, 0.25) is 0 Å². The van der Waals surface area contributed by atoms with E-state index in [-0.39, 0.29) is 0 Å². The monoisotopic (exact) mass is 308 g/mol. The summed E-state index contributed by atoms with van der Waals surface area (Å²) in [5.74, 6) is 0. The van der Waals surface area contributed by atoms with Crippen LogP contribution in [0.1, 0.15) is 49.2 Å². The lowest BCUT2D eigenvalue weighted by Crippen LogP contribution is -2.41. The first kappa shape index (κ1) is 15.3. The number of nitrogens with zero attached hydrogens (tertiary/aromatic N) is 3. The largest absolute Gasteiger partial charge is 0.348 e. The lowest BCUT2D eigenvalue weighted by atomic mass is 9.98. The molecule has 21 heavy (non-hydrogen) atoms. The van der Waals surface area contributed by atoms with Crippen molar-refractivity contribution in [1.29, 1.82) is 0 Å². The first-order chi connectivity index (χ1) is 10.2. The lowest BCUT2D eigenvalue weighted by Gasteiger charge is -2.35. The van der Waals surface area contributed by atoms with Crippen LogP contribution in [0.4, 0.5) is 5.13 Å². The number of thiazole rings is 1. The third-order valence-corrected chi connectivity index (χ3v) is 6.13. The maximum Gasteiger partial charge on any atom is 0.185 e. The number of rotatable bonds is 4. The molecule has 1 aliphatic heterocycles. The molecule has 4 nitrogen and oxygen atoms in total. The quantitative estimate of drug-likeness (QED) is 0.926. The van der Waals surface area contributed by atoms with Crippen molar-refractivity contribution in [3.05, 3.63) is 10.6 Å². The van der Waals surface area contributed by atoms with E-state index in [1.54, 1.807) is 0 Å². The predicted octanol–water partition coefficient (Wildman–Crippen LogP) is 2.66. The van der Waals surface area contributed by atoms with Crippen molar-refractivity contribution >= 4 is 16.5 Å². The molecule has 0 saturated carbocycles. The third kappa shape index (κ3) is 3.25. The number of anilines is 1. The van der Waals surface area contributed by atoms with Crippen LogP contribution >= 0.6 is 11.3 Å². The molecule has 1 N–H and O–H groups in total. The fourth-order valence-electron chi connectivity index (χ4n) is 3.56. The number of nitrogens with one attached hydrogen (secondary N) is 1. The van der Waals surface area contributed by atoms with Crippen molar-refractivity contribution < 1.29 is 0 Å². The molecule has 0 aromatic carbocycles. The van der Waals surface area contributed by atoms with Crippen LogP contribution in [0, 0.1) is 0 Å². The Hall–Kier alpha value is -0.650. The number of fused-ring (bicyclic) bond motifs is 1. The molecule has 1 unspecified atom stereocenters. The standard InChI is InChI=1S/C16H28N4S/c1-4-17-13-6-5-7-14-15(13)21-16(18-14)20-10-8-12(9-11-20)19(2)3/h12-13,17H,4-11H2,1-3H3. The summed E-state index contributed by atoms with van der Waals surface area (Å²) in [6.45, 7) is 5.55. The van der Waals surface area contributed by atoms with E-state index in [9.17, 15) is 0 Å². The third-order valence-electron chi connectivity index (χ3n) is 4.85. The molecular weight excluding hydrogens is 280 g/mol. The molecule has 118 valence electrons. The predicted molar refractivity (Wildman–Crippen MR) is 90.4 cm³/mol. The Morgan fingerprint density at radius 1 is 1.29 bits per heavy atom. The molecule has 0 radical (unpaired) electrons. The summed E-state index contributed by atoms with van der Waals surface area (Å²) in [6.07, 6.45) is 6.23. The van der Waals surface area contributed by atoms with Gasteiger partial charge >= 0.3 is 0 Å². The second kappa shape index (κ2) is 6.63. The molecule has 0 bridgehead atoms. The Morgan fingerprint density at radius 2 is 2.05 bits per heavy atom. The fourth-order valence-corrected chi connectivity index (χ4v) is 4.83. The highest BCUT2D eigenvalue weighted by atomic mass is 32.1. The molecule has 1 aliphatic carbocycles. The molecule has 2 heterocycles. The van der Waals surface area contributed by atoms with Crippen molar-refractivity contribution in [3.8, 4) is 0 Å². The minimum absolute atomic E-state index is 0.546. The Kier molecular flexibility index (Phi) is 4.82. The fraction of sp³-hybridized carbons (Fsp3) is 0.812. The lowest BCUT2D eigenvalue weighted by molar-refractivity contribution is 0.249. The van der Waals surface area contributed by atoms with Gasteiger partial charge in [-0.1, -0.05) is 18.3 Å². The van der Waals surface area contributed by atoms with Crippen molar-refractivity contribution in [2.24, 2.45) is 0 Å². The van der Waals surface area contributed by atoms with Gasteiger partial charge in [0.2, 0.25) is 0 Å². The molecule has 1 aromatic rings. The van der Waals surface area contributed by atoms with E-state index >= 15 is 0 Å². The van der Waals surface area contributed by atoms with E-state index < -0.39 is 0 Å².